The number of hydrogen-bond donors (Lipinski definition) is 3. The summed E-state index contributed by atoms with van der Waals surface area (Å²) in [7, 11) is 0. The Bertz CT molecular complexity index is 1150. The molecule has 0 saturated heterocycles. The minimum atomic E-state index is -0.457. The van der Waals surface area contributed by atoms with Gasteiger partial charge in [0.05, 0.1) is 11.1 Å². The first kappa shape index (κ1) is 15.0. The van der Waals surface area contributed by atoms with E-state index in [4.69, 9.17) is 0 Å². The lowest BCUT2D eigenvalue weighted by atomic mass is 9.94. The standard InChI is InChI=1S/C21H14O4/c22-15-7-5-13-10-17(19(24)11-14(13)9-15)21(25)20-16-4-2-1-3-12(16)6-8-18(20)23/h1-11,22-24H. The van der Waals surface area contributed by atoms with Gasteiger partial charge in [-0.05, 0) is 51.9 Å². The number of carbonyl (C=O) groups excluding carboxylic acids is 1. The van der Waals surface area contributed by atoms with Gasteiger partial charge in [-0.25, -0.2) is 0 Å². The van der Waals surface area contributed by atoms with Crippen molar-refractivity contribution in [3.05, 3.63) is 77.9 Å². The third kappa shape index (κ3) is 2.44. The average Bonchev–Trinajstić information content (AvgIpc) is 2.60. The van der Waals surface area contributed by atoms with Crippen LogP contribution in [0, 0.1) is 0 Å². The summed E-state index contributed by atoms with van der Waals surface area (Å²) in [5.74, 6) is -0.705. The number of phenolic OH excluding ortho intramolecular Hbond substituents is 3. The first-order chi connectivity index (χ1) is 12.0. The van der Waals surface area contributed by atoms with E-state index in [9.17, 15) is 20.1 Å². The maximum atomic E-state index is 13.0. The fourth-order valence-corrected chi connectivity index (χ4v) is 3.09. The van der Waals surface area contributed by atoms with Gasteiger partial charge < -0.3 is 15.3 Å². The summed E-state index contributed by atoms with van der Waals surface area (Å²) in [5, 5.41) is 32.9. The highest BCUT2D eigenvalue weighted by molar-refractivity contribution is 6.20. The monoisotopic (exact) mass is 330 g/mol. The second kappa shape index (κ2) is 5.53. The number of aromatic hydroxyl groups is 3. The number of rotatable bonds is 2. The molecule has 0 fully saturated rings. The van der Waals surface area contributed by atoms with Crippen molar-refractivity contribution in [3.63, 3.8) is 0 Å². The Hall–Kier alpha value is -3.53. The highest BCUT2D eigenvalue weighted by atomic mass is 16.3. The Morgan fingerprint density at radius 2 is 1.44 bits per heavy atom. The van der Waals surface area contributed by atoms with Crippen molar-refractivity contribution >= 4 is 27.3 Å². The van der Waals surface area contributed by atoms with Gasteiger partial charge in [0.15, 0.2) is 0 Å². The lowest BCUT2D eigenvalue weighted by molar-refractivity contribution is 0.103. The van der Waals surface area contributed by atoms with E-state index < -0.39 is 5.78 Å². The zero-order valence-corrected chi connectivity index (χ0v) is 13.1. The number of carbonyl (C=O) groups is 1. The lowest BCUT2D eigenvalue weighted by Gasteiger charge is -2.11. The van der Waals surface area contributed by atoms with Crippen LogP contribution in [-0.2, 0) is 0 Å². The molecule has 4 rings (SSSR count). The number of benzene rings is 4. The minimum Gasteiger partial charge on any atom is -0.508 e. The van der Waals surface area contributed by atoms with Crippen molar-refractivity contribution < 1.29 is 20.1 Å². The van der Waals surface area contributed by atoms with Gasteiger partial charge in [0.2, 0.25) is 5.78 Å². The number of phenols is 3. The van der Waals surface area contributed by atoms with Crippen molar-refractivity contribution in [1.29, 1.82) is 0 Å². The first-order valence-corrected chi connectivity index (χ1v) is 7.76. The van der Waals surface area contributed by atoms with Crippen LogP contribution in [0.1, 0.15) is 15.9 Å². The van der Waals surface area contributed by atoms with Gasteiger partial charge in [-0.1, -0.05) is 36.4 Å². The van der Waals surface area contributed by atoms with E-state index in [1.807, 2.05) is 12.1 Å². The van der Waals surface area contributed by atoms with Crippen LogP contribution in [0.15, 0.2) is 66.7 Å². The predicted molar refractivity (Wildman–Crippen MR) is 96.3 cm³/mol. The van der Waals surface area contributed by atoms with E-state index in [0.29, 0.717) is 16.2 Å². The van der Waals surface area contributed by atoms with Crippen LogP contribution >= 0.6 is 0 Å². The van der Waals surface area contributed by atoms with Gasteiger partial charge in [0.25, 0.3) is 0 Å². The Kier molecular flexibility index (Phi) is 3.32. The Balaban J connectivity index is 1.95. The van der Waals surface area contributed by atoms with Crippen LogP contribution in [0.5, 0.6) is 17.2 Å². The fraction of sp³-hybridized carbons (Fsp3) is 0. The number of ketones is 1. The molecule has 0 atom stereocenters. The van der Waals surface area contributed by atoms with Crippen LogP contribution in [0.3, 0.4) is 0 Å². The molecule has 25 heavy (non-hydrogen) atoms. The molecule has 0 amide bonds. The Morgan fingerprint density at radius 1 is 0.680 bits per heavy atom. The lowest BCUT2D eigenvalue weighted by Crippen LogP contribution is -2.03. The largest absolute Gasteiger partial charge is 0.508 e. The molecular formula is C21H14O4. The number of hydrogen-bond acceptors (Lipinski definition) is 4. The van der Waals surface area contributed by atoms with Crippen molar-refractivity contribution in [2.75, 3.05) is 0 Å². The van der Waals surface area contributed by atoms with Crippen molar-refractivity contribution in [2.45, 2.75) is 0 Å². The van der Waals surface area contributed by atoms with E-state index in [-0.39, 0.29) is 28.4 Å². The van der Waals surface area contributed by atoms with Crippen molar-refractivity contribution in [2.24, 2.45) is 0 Å². The molecule has 0 heterocycles. The van der Waals surface area contributed by atoms with Crippen molar-refractivity contribution in [3.8, 4) is 17.2 Å². The van der Waals surface area contributed by atoms with Crippen molar-refractivity contribution in [1.82, 2.24) is 0 Å². The highest BCUT2D eigenvalue weighted by Gasteiger charge is 2.20. The zero-order chi connectivity index (χ0) is 17.6. The Morgan fingerprint density at radius 3 is 2.28 bits per heavy atom. The molecule has 0 aliphatic carbocycles. The molecule has 122 valence electrons. The molecule has 4 nitrogen and oxygen atoms in total. The molecule has 4 aromatic rings. The quantitative estimate of drug-likeness (QED) is 0.478. The summed E-state index contributed by atoms with van der Waals surface area (Å²) >= 11 is 0. The zero-order valence-electron chi connectivity index (χ0n) is 13.1. The molecule has 0 radical (unpaired) electrons. The molecule has 0 aromatic heterocycles. The summed E-state index contributed by atoms with van der Waals surface area (Å²) in [6.07, 6.45) is 0. The van der Waals surface area contributed by atoms with E-state index in [2.05, 4.69) is 0 Å². The molecule has 0 unspecified atom stereocenters. The summed E-state index contributed by atoms with van der Waals surface area (Å²) in [4.78, 5) is 13.0. The van der Waals surface area contributed by atoms with Gasteiger partial charge in [0, 0.05) is 0 Å². The summed E-state index contributed by atoms with van der Waals surface area (Å²) in [6.45, 7) is 0. The van der Waals surface area contributed by atoms with Crippen LogP contribution in [-0.4, -0.2) is 21.1 Å². The molecule has 0 aliphatic rings. The van der Waals surface area contributed by atoms with Gasteiger partial charge in [-0.15, -0.1) is 0 Å². The summed E-state index contributed by atoms with van der Waals surface area (Å²) < 4.78 is 0. The van der Waals surface area contributed by atoms with E-state index in [0.717, 1.165) is 5.39 Å². The van der Waals surface area contributed by atoms with Crippen LogP contribution in [0.4, 0.5) is 0 Å². The molecule has 4 heteroatoms. The molecule has 4 aromatic carbocycles. The Labute approximate surface area is 143 Å². The normalized spacial score (nSPS) is 11.0. The summed E-state index contributed by atoms with van der Waals surface area (Å²) in [6, 6.07) is 18.2. The van der Waals surface area contributed by atoms with Crippen LogP contribution in [0.25, 0.3) is 21.5 Å². The van der Waals surface area contributed by atoms with Gasteiger partial charge in [0.1, 0.15) is 17.2 Å². The van der Waals surface area contributed by atoms with E-state index in [1.54, 1.807) is 30.3 Å². The minimum absolute atomic E-state index is 0.0812. The van der Waals surface area contributed by atoms with E-state index >= 15 is 0 Å². The van der Waals surface area contributed by atoms with Crippen LogP contribution in [0.2, 0.25) is 0 Å². The highest BCUT2D eigenvalue weighted by Crippen LogP contribution is 2.34. The molecule has 0 aliphatic heterocycles. The molecule has 0 spiro atoms. The second-order valence-electron chi connectivity index (χ2n) is 5.91. The topological polar surface area (TPSA) is 77.8 Å². The SMILES string of the molecule is O=C(c1cc2ccc(O)cc2cc1O)c1c(O)ccc2ccccc12. The molecule has 0 bridgehead atoms. The number of fused-ring (bicyclic) bond motifs is 2. The van der Waals surface area contributed by atoms with Gasteiger partial charge in [-0.2, -0.15) is 0 Å². The molecular weight excluding hydrogens is 316 g/mol. The first-order valence-electron chi connectivity index (χ1n) is 7.76. The van der Waals surface area contributed by atoms with Gasteiger partial charge in [-0.3, -0.25) is 4.79 Å². The van der Waals surface area contributed by atoms with Crippen LogP contribution < -0.4 is 0 Å². The third-order valence-electron chi connectivity index (χ3n) is 4.32. The molecule has 0 saturated carbocycles. The fourth-order valence-electron chi connectivity index (χ4n) is 3.09. The second-order valence-corrected chi connectivity index (χ2v) is 5.91. The maximum Gasteiger partial charge on any atom is 0.201 e. The van der Waals surface area contributed by atoms with E-state index in [1.165, 1.54) is 24.3 Å². The predicted octanol–water partition coefficient (Wildman–Crippen LogP) is 4.34. The smallest absolute Gasteiger partial charge is 0.201 e. The van der Waals surface area contributed by atoms with Gasteiger partial charge >= 0.3 is 0 Å². The maximum absolute atomic E-state index is 13.0. The summed E-state index contributed by atoms with van der Waals surface area (Å²) in [5.41, 5.74) is 0.261. The molecule has 3 N–H and O–H groups in total. The third-order valence-corrected chi connectivity index (χ3v) is 4.32. The average molecular weight is 330 g/mol.